The molecule has 1 aliphatic rings. The molecule has 62 valence electrons. The second-order valence-electron chi connectivity index (χ2n) is 2.90. The van der Waals surface area contributed by atoms with Gasteiger partial charge in [-0.05, 0) is 25.1 Å². The van der Waals surface area contributed by atoms with Crippen molar-refractivity contribution in [3.8, 4) is 0 Å². The van der Waals surface area contributed by atoms with Crippen LogP contribution in [0.25, 0.3) is 0 Å². The molecular formula is C8H15N3. The van der Waals surface area contributed by atoms with Gasteiger partial charge < -0.3 is 11.1 Å². The Labute approximate surface area is 67.2 Å². The Hall–Kier alpha value is -0.990. The van der Waals surface area contributed by atoms with Crippen LogP contribution in [-0.2, 0) is 0 Å². The highest BCUT2D eigenvalue weighted by atomic mass is 15.0. The second-order valence-corrected chi connectivity index (χ2v) is 2.90. The summed E-state index contributed by atoms with van der Waals surface area (Å²) in [6, 6.07) is 0.513. The average molecular weight is 153 g/mol. The van der Waals surface area contributed by atoms with Crippen molar-refractivity contribution in [1.82, 2.24) is 5.32 Å². The molecule has 1 aliphatic carbocycles. The van der Waals surface area contributed by atoms with Crippen molar-refractivity contribution in [1.29, 1.82) is 5.41 Å². The maximum Gasteiger partial charge on any atom is 0.119 e. The van der Waals surface area contributed by atoms with E-state index in [0.29, 0.717) is 11.9 Å². The van der Waals surface area contributed by atoms with Gasteiger partial charge in [-0.2, -0.15) is 0 Å². The van der Waals surface area contributed by atoms with Gasteiger partial charge >= 0.3 is 0 Å². The highest BCUT2D eigenvalue weighted by Gasteiger charge is 2.14. The van der Waals surface area contributed by atoms with Crippen molar-refractivity contribution >= 4 is 5.84 Å². The van der Waals surface area contributed by atoms with Gasteiger partial charge in [-0.15, -0.1) is 0 Å². The van der Waals surface area contributed by atoms with E-state index < -0.39 is 0 Å². The number of hydrogen-bond donors (Lipinski definition) is 3. The van der Waals surface area contributed by atoms with Crippen molar-refractivity contribution in [3.05, 3.63) is 12.3 Å². The molecule has 0 aromatic carbocycles. The smallest absolute Gasteiger partial charge is 0.119 e. The van der Waals surface area contributed by atoms with Gasteiger partial charge in [0.2, 0.25) is 0 Å². The minimum atomic E-state index is 0.430. The summed E-state index contributed by atoms with van der Waals surface area (Å²) in [6.45, 7) is 0. The van der Waals surface area contributed by atoms with Crippen LogP contribution < -0.4 is 11.1 Å². The Morgan fingerprint density at radius 3 is 2.64 bits per heavy atom. The summed E-state index contributed by atoms with van der Waals surface area (Å²) in [5, 5.41) is 10.5. The maximum absolute atomic E-state index is 7.38. The van der Waals surface area contributed by atoms with Crippen LogP contribution in [0.2, 0.25) is 0 Å². The fraction of sp³-hybridized carbons (Fsp3) is 0.625. The molecule has 0 unspecified atom stereocenters. The Bertz CT molecular complexity index is 157. The van der Waals surface area contributed by atoms with Crippen molar-refractivity contribution in [2.45, 2.75) is 31.7 Å². The molecular weight excluding hydrogens is 138 g/mol. The Morgan fingerprint density at radius 1 is 1.45 bits per heavy atom. The SMILES string of the molecule is N=C(/C=C\N)NC1CCCC1. The van der Waals surface area contributed by atoms with Crippen LogP contribution in [0.3, 0.4) is 0 Å². The molecule has 4 N–H and O–H groups in total. The Balaban J connectivity index is 2.23. The summed E-state index contributed by atoms with van der Waals surface area (Å²) in [5.74, 6) is 0.430. The number of amidine groups is 1. The van der Waals surface area contributed by atoms with Crippen LogP contribution in [0.1, 0.15) is 25.7 Å². The summed E-state index contributed by atoms with van der Waals surface area (Å²) in [6.07, 6.45) is 7.94. The number of rotatable bonds is 2. The molecule has 1 fully saturated rings. The van der Waals surface area contributed by atoms with Crippen LogP contribution in [0.4, 0.5) is 0 Å². The van der Waals surface area contributed by atoms with Crippen molar-refractivity contribution in [2.75, 3.05) is 0 Å². The van der Waals surface area contributed by atoms with E-state index in [0.717, 1.165) is 0 Å². The summed E-state index contributed by atoms with van der Waals surface area (Å²) < 4.78 is 0. The zero-order chi connectivity index (χ0) is 8.10. The van der Waals surface area contributed by atoms with E-state index in [4.69, 9.17) is 11.1 Å². The van der Waals surface area contributed by atoms with E-state index >= 15 is 0 Å². The van der Waals surface area contributed by atoms with E-state index in [9.17, 15) is 0 Å². The van der Waals surface area contributed by atoms with Gasteiger partial charge in [0.1, 0.15) is 5.84 Å². The number of hydrogen-bond acceptors (Lipinski definition) is 2. The monoisotopic (exact) mass is 153 g/mol. The fourth-order valence-electron chi connectivity index (χ4n) is 1.43. The van der Waals surface area contributed by atoms with Gasteiger partial charge in [-0.25, -0.2) is 0 Å². The van der Waals surface area contributed by atoms with Gasteiger partial charge in [0, 0.05) is 6.04 Å². The molecule has 0 aromatic heterocycles. The molecule has 0 aromatic rings. The van der Waals surface area contributed by atoms with Gasteiger partial charge in [0.05, 0.1) is 0 Å². The summed E-state index contributed by atoms with van der Waals surface area (Å²) in [5.41, 5.74) is 5.14. The van der Waals surface area contributed by atoms with E-state index in [1.54, 1.807) is 6.08 Å². The van der Waals surface area contributed by atoms with Gasteiger partial charge in [-0.3, -0.25) is 5.41 Å². The van der Waals surface area contributed by atoms with Crippen molar-refractivity contribution in [3.63, 3.8) is 0 Å². The number of nitrogens with one attached hydrogen (secondary N) is 2. The number of nitrogens with two attached hydrogens (primary N) is 1. The van der Waals surface area contributed by atoms with Crippen LogP contribution in [0.15, 0.2) is 12.3 Å². The fourth-order valence-corrected chi connectivity index (χ4v) is 1.43. The quantitative estimate of drug-likeness (QED) is 0.409. The third kappa shape index (κ3) is 2.62. The lowest BCUT2D eigenvalue weighted by atomic mass is 10.2. The van der Waals surface area contributed by atoms with Crippen molar-refractivity contribution in [2.24, 2.45) is 5.73 Å². The molecule has 0 heterocycles. The predicted molar refractivity (Wildman–Crippen MR) is 46.4 cm³/mol. The van der Waals surface area contributed by atoms with E-state index in [2.05, 4.69) is 5.32 Å². The Kier molecular flexibility index (Phi) is 2.95. The minimum Gasteiger partial charge on any atom is -0.404 e. The standard InChI is InChI=1S/C8H15N3/c9-6-5-8(10)11-7-3-1-2-4-7/h5-7H,1-4,9H2,(H2,10,11)/b6-5-. The molecule has 11 heavy (non-hydrogen) atoms. The highest BCUT2D eigenvalue weighted by molar-refractivity contribution is 5.90. The first kappa shape index (κ1) is 8.11. The topological polar surface area (TPSA) is 61.9 Å². The average Bonchev–Trinajstić information content (AvgIpc) is 2.40. The lowest BCUT2D eigenvalue weighted by Gasteiger charge is -2.10. The molecule has 0 bridgehead atoms. The van der Waals surface area contributed by atoms with E-state index in [-0.39, 0.29) is 0 Å². The third-order valence-corrected chi connectivity index (χ3v) is 1.98. The van der Waals surface area contributed by atoms with Crippen LogP contribution in [0.5, 0.6) is 0 Å². The first-order valence-electron chi connectivity index (χ1n) is 4.06. The molecule has 3 nitrogen and oxygen atoms in total. The lowest BCUT2D eigenvalue weighted by molar-refractivity contribution is 0.630. The molecule has 1 saturated carbocycles. The lowest BCUT2D eigenvalue weighted by Crippen LogP contribution is -2.30. The minimum absolute atomic E-state index is 0.430. The molecule has 0 amide bonds. The highest BCUT2D eigenvalue weighted by Crippen LogP contribution is 2.17. The first-order valence-corrected chi connectivity index (χ1v) is 4.06. The summed E-state index contributed by atoms with van der Waals surface area (Å²) in [7, 11) is 0. The van der Waals surface area contributed by atoms with Crippen LogP contribution in [0, 0.1) is 5.41 Å². The molecule has 0 spiro atoms. The first-order chi connectivity index (χ1) is 5.33. The Morgan fingerprint density at radius 2 is 2.09 bits per heavy atom. The summed E-state index contributed by atoms with van der Waals surface area (Å²) in [4.78, 5) is 0. The zero-order valence-corrected chi connectivity index (χ0v) is 6.64. The third-order valence-electron chi connectivity index (χ3n) is 1.98. The zero-order valence-electron chi connectivity index (χ0n) is 6.64. The second kappa shape index (κ2) is 4.01. The largest absolute Gasteiger partial charge is 0.404 e. The van der Waals surface area contributed by atoms with E-state index in [1.165, 1.54) is 31.9 Å². The van der Waals surface area contributed by atoms with Crippen LogP contribution >= 0.6 is 0 Å². The molecule has 0 radical (unpaired) electrons. The predicted octanol–water partition coefficient (Wildman–Crippen LogP) is 0.968. The molecule has 1 rings (SSSR count). The van der Waals surface area contributed by atoms with Crippen molar-refractivity contribution < 1.29 is 0 Å². The molecule has 0 aliphatic heterocycles. The van der Waals surface area contributed by atoms with Gasteiger partial charge in [0.15, 0.2) is 0 Å². The normalized spacial score (nSPS) is 19.3. The van der Waals surface area contributed by atoms with E-state index in [1.807, 2.05) is 0 Å². The summed E-state index contributed by atoms with van der Waals surface area (Å²) >= 11 is 0. The molecule has 0 saturated heterocycles. The maximum atomic E-state index is 7.38. The van der Waals surface area contributed by atoms with Gasteiger partial charge in [-0.1, -0.05) is 12.8 Å². The van der Waals surface area contributed by atoms with Crippen LogP contribution in [-0.4, -0.2) is 11.9 Å². The van der Waals surface area contributed by atoms with Gasteiger partial charge in [0.25, 0.3) is 0 Å². The molecule has 3 heteroatoms. The molecule has 0 atom stereocenters.